The van der Waals surface area contributed by atoms with Crippen LogP contribution in [0.4, 0.5) is 13.2 Å². The smallest absolute Gasteiger partial charge is 0.220 e. The first kappa shape index (κ1) is 27.7. The van der Waals surface area contributed by atoms with Crippen molar-refractivity contribution in [3.8, 4) is 11.3 Å². The van der Waals surface area contributed by atoms with E-state index >= 15 is 0 Å². The zero-order valence-corrected chi connectivity index (χ0v) is 21.5. The molecular formula is C28H27F3N4O6. The molecule has 41 heavy (non-hydrogen) atoms. The highest BCUT2D eigenvalue weighted by molar-refractivity contribution is 5.77. The number of hydrogen-bond acceptors (Lipinski definition) is 9. The van der Waals surface area contributed by atoms with Gasteiger partial charge in [-0.05, 0) is 29.7 Å². The van der Waals surface area contributed by atoms with Crippen LogP contribution in [0.3, 0.4) is 0 Å². The lowest BCUT2D eigenvalue weighted by Crippen LogP contribution is -2.66. The topological polar surface area (TPSA) is 142 Å². The Hall–Kier alpha value is -3.46. The highest BCUT2D eigenvalue weighted by atomic mass is 19.2. The molecule has 2 saturated heterocycles. The fourth-order valence-electron chi connectivity index (χ4n) is 5.77. The molecule has 3 aromatic rings. The predicted molar refractivity (Wildman–Crippen MR) is 138 cm³/mol. The number of hydrogen-bond donors (Lipinski definition) is 4. The lowest BCUT2D eigenvalue weighted by atomic mass is 9.83. The number of aliphatic hydroxyl groups excluding tert-OH is 3. The molecule has 10 nitrogen and oxygen atoms in total. The van der Waals surface area contributed by atoms with Crippen molar-refractivity contribution in [2.45, 2.75) is 54.6 Å². The Morgan fingerprint density at radius 1 is 1.15 bits per heavy atom. The van der Waals surface area contributed by atoms with Gasteiger partial charge in [-0.1, -0.05) is 41.6 Å². The lowest BCUT2D eigenvalue weighted by molar-refractivity contribution is -0.342. The van der Waals surface area contributed by atoms with Crippen molar-refractivity contribution >= 4 is 12.3 Å². The van der Waals surface area contributed by atoms with Crippen LogP contribution in [-0.2, 0) is 15.1 Å². The standard InChI is InChI=1S/C28H27F3N4O6/c29-18-10-16(11-19(30)23(18)31)20-12-35(34-33-20)24-25(37)21(13-36)41-28(26(24)38)22(7-9-40-28)32-14-27(39)8-3-5-15-4-1-2-6-17(15)27/h1-6,10-12,14,21-22,24-26,36-39H,7-9,13H2/b32-14-/t21-,22-,24+,25+,26-,27?,28+/m1/s1. The summed E-state index contributed by atoms with van der Waals surface area (Å²) in [4.78, 5) is 4.60. The van der Waals surface area contributed by atoms with Gasteiger partial charge in [0, 0.05) is 18.2 Å². The monoisotopic (exact) mass is 572 g/mol. The van der Waals surface area contributed by atoms with Crippen molar-refractivity contribution in [1.82, 2.24) is 15.0 Å². The number of nitrogens with zero attached hydrogens (tertiary/aromatic N) is 4. The van der Waals surface area contributed by atoms with Gasteiger partial charge in [-0.15, -0.1) is 5.10 Å². The van der Waals surface area contributed by atoms with Gasteiger partial charge in [0.1, 0.15) is 41.7 Å². The number of rotatable bonds is 5. The molecule has 1 unspecified atom stereocenters. The van der Waals surface area contributed by atoms with Gasteiger partial charge in [-0.25, -0.2) is 17.9 Å². The Balaban J connectivity index is 1.33. The molecule has 1 aromatic heterocycles. The first-order valence-electron chi connectivity index (χ1n) is 13.0. The molecule has 3 heterocycles. The van der Waals surface area contributed by atoms with E-state index in [4.69, 9.17) is 9.47 Å². The van der Waals surface area contributed by atoms with E-state index in [9.17, 15) is 33.6 Å². The number of aliphatic hydroxyl groups is 4. The molecule has 0 bridgehead atoms. The normalized spacial score (nSPS) is 33.1. The number of aromatic nitrogens is 3. The van der Waals surface area contributed by atoms with Gasteiger partial charge in [0.15, 0.2) is 17.5 Å². The van der Waals surface area contributed by atoms with E-state index in [0.717, 1.165) is 22.4 Å². The van der Waals surface area contributed by atoms with Crippen LogP contribution in [0.5, 0.6) is 0 Å². The van der Waals surface area contributed by atoms with Gasteiger partial charge in [0.25, 0.3) is 0 Å². The van der Waals surface area contributed by atoms with Gasteiger partial charge in [0.2, 0.25) is 5.79 Å². The summed E-state index contributed by atoms with van der Waals surface area (Å²) in [7, 11) is 0. The zero-order chi connectivity index (χ0) is 28.9. The molecule has 2 aromatic carbocycles. The average Bonchev–Trinajstić information content (AvgIpc) is 3.61. The van der Waals surface area contributed by atoms with Crippen LogP contribution >= 0.6 is 0 Å². The summed E-state index contributed by atoms with van der Waals surface area (Å²) in [6.07, 6.45) is 2.54. The average molecular weight is 573 g/mol. The number of aliphatic imine (C=N–C) groups is 1. The minimum Gasteiger partial charge on any atom is -0.394 e. The summed E-state index contributed by atoms with van der Waals surface area (Å²) in [5.41, 5.74) is -0.104. The third kappa shape index (κ3) is 4.58. The van der Waals surface area contributed by atoms with Crippen molar-refractivity contribution in [1.29, 1.82) is 0 Å². The Morgan fingerprint density at radius 3 is 2.66 bits per heavy atom. The van der Waals surface area contributed by atoms with Crippen molar-refractivity contribution < 1.29 is 43.1 Å². The van der Waals surface area contributed by atoms with Gasteiger partial charge in [-0.3, -0.25) is 4.99 Å². The van der Waals surface area contributed by atoms with Crippen LogP contribution in [0.2, 0.25) is 0 Å². The Bertz CT molecular complexity index is 1490. The van der Waals surface area contributed by atoms with Crippen LogP contribution < -0.4 is 0 Å². The lowest BCUT2D eigenvalue weighted by Gasteiger charge is -2.48. The van der Waals surface area contributed by atoms with Crippen LogP contribution in [-0.4, -0.2) is 85.0 Å². The molecule has 1 spiro atoms. The molecule has 6 rings (SSSR count). The summed E-state index contributed by atoms with van der Waals surface area (Å²) >= 11 is 0. The second-order valence-electron chi connectivity index (χ2n) is 10.4. The van der Waals surface area contributed by atoms with Crippen molar-refractivity contribution in [3.05, 3.63) is 77.2 Å². The quantitative estimate of drug-likeness (QED) is 0.268. The summed E-state index contributed by atoms with van der Waals surface area (Å²) in [5.74, 6) is -6.31. The minimum atomic E-state index is -1.84. The molecule has 1 aliphatic carbocycles. The summed E-state index contributed by atoms with van der Waals surface area (Å²) in [5, 5.41) is 51.9. The van der Waals surface area contributed by atoms with Crippen LogP contribution in [0, 0.1) is 17.5 Å². The summed E-state index contributed by atoms with van der Waals surface area (Å²) in [6, 6.07) is 6.68. The van der Waals surface area contributed by atoms with Gasteiger partial charge in [-0.2, -0.15) is 0 Å². The third-order valence-corrected chi connectivity index (χ3v) is 7.88. The van der Waals surface area contributed by atoms with Gasteiger partial charge in [0.05, 0.1) is 19.4 Å². The van der Waals surface area contributed by atoms with E-state index in [1.807, 2.05) is 30.4 Å². The van der Waals surface area contributed by atoms with Crippen molar-refractivity contribution in [2.75, 3.05) is 13.2 Å². The van der Waals surface area contributed by atoms with Gasteiger partial charge >= 0.3 is 0 Å². The molecule has 3 aliphatic rings. The van der Waals surface area contributed by atoms with E-state index in [1.54, 1.807) is 6.07 Å². The molecule has 0 amide bonds. The number of ether oxygens (including phenoxy) is 2. The minimum absolute atomic E-state index is 0.0588. The molecule has 2 aliphatic heterocycles. The highest BCUT2D eigenvalue weighted by Crippen LogP contribution is 2.45. The Labute approximate surface area is 232 Å². The molecule has 7 atom stereocenters. The molecular weight excluding hydrogens is 545 g/mol. The Morgan fingerprint density at radius 2 is 1.90 bits per heavy atom. The van der Waals surface area contributed by atoms with Crippen molar-refractivity contribution in [2.24, 2.45) is 4.99 Å². The van der Waals surface area contributed by atoms with Crippen LogP contribution in [0.25, 0.3) is 17.3 Å². The fourth-order valence-corrected chi connectivity index (χ4v) is 5.77. The second-order valence-corrected chi connectivity index (χ2v) is 10.4. The maximum absolute atomic E-state index is 13.8. The SMILES string of the molecule is OC[C@H]1O[C@]2(OCC[C@H]2/N=C\C2(O)CC=Cc3ccccc32)[C@H](O)[C@@H](n2cc(-c3cc(F)c(F)c(F)c3)nn2)[C@H]1O. The number of fused-ring (bicyclic) bond motifs is 1. The van der Waals surface area contributed by atoms with Crippen LogP contribution in [0.15, 0.2) is 53.7 Å². The molecule has 0 radical (unpaired) electrons. The molecule has 13 heteroatoms. The highest BCUT2D eigenvalue weighted by Gasteiger charge is 2.62. The summed E-state index contributed by atoms with van der Waals surface area (Å²) < 4.78 is 54.1. The largest absolute Gasteiger partial charge is 0.394 e. The van der Waals surface area contributed by atoms with E-state index in [1.165, 1.54) is 12.4 Å². The van der Waals surface area contributed by atoms with E-state index in [-0.39, 0.29) is 24.3 Å². The maximum Gasteiger partial charge on any atom is 0.220 e. The molecule has 4 N–H and O–H groups in total. The van der Waals surface area contributed by atoms with E-state index in [0.29, 0.717) is 12.0 Å². The number of benzene rings is 2. The number of halogens is 3. The van der Waals surface area contributed by atoms with Crippen LogP contribution in [0.1, 0.15) is 30.0 Å². The first-order chi connectivity index (χ1) is 19.7. The van der Waals surface area contributed by atoms with E-state index in [2.05, 4.69) is 15.3 Å². The molecule has 0 saturated carbocycles. The maximum atomic E-state index is 13.8. The zero-order valence-electron chi connectivity index (χ0n) is 21.5. The Kier molecular flexibility index (Phi) is 7.04. The molecule has 2 fully saturated rings. The summed E-state index contributed by atoms with van der Waals surface area (Å²) in [6.45, 7) is -0.532. The first-order valence-corrected chi connectivity index (χ1v) is 13.0. The van der Waals surface area contributed by atoms with E-state index < -0.39 is 65.8 Å². The van der Waals surface area contributed by atoms with Gasteiger partial charge < -0.3 is 29.9 Å². The molecule has 216 valence electrons. The second kappa shape index (κ2) is 10.4. The predicted octanol–water partition coefficient (Wildman–Crippen LogP) is 1.88. The van der Waals surface area contributed by atoms with Crippen molar-refractivity contribution in [3.63, 3.8) is 0 Å². The fraction of sp³-hybridized carbons (Fsp3) is 0.393. The third-order valence-electron chi connectivity index (χ3n) is 7.88.